The van der Waals surface area contributed by atoms with E-state index in [9.17, 15) is 0 Å². The predicted octanol–water partition coefficient (Wildman–Crippen LogP) is 0.635. The van der Waals surface area contributed by atoms with Crippen LogP contribution in [0.2, 0.25) is 0 Å². The zero-order chi connectivity index (χ0) is 10.7. The van der Waals surface area contributed by atoms with Gasteiger partial charge in [-0.05, 0) is 11.8 Å². The second-order valence-corrected chi connectivity index (χ2v) is 3.60. The molecular weight excluding hydrogens is 212 g/mol. The maximum Gasteiger partial charge on any atom is 0.171 e. The van der Waals surface area contributed by atoms with Gasteiger partial charge in [-0.15, -0.1) is 0 Å². The Morgan fingerprint density at radius 3 is 2.73 bits per heavy atom. The van der Waals surface area contributed by atoms with Gasteiger partial charge < -0.3 is 10.7 Å². The van der Waals surface area contributed by atoms with Crippen molar-refractivity contribution in [2.75, 3.05) is 0 Å². The highest BCUT2D eigenvalue weighted by Gasteiger charge is 2.10. The van der Waals surface area contributed by atoms with E-state index in [1.165, 1.54) is 18.0 Å². The lowest BCUT2D eigenvalue weighted by molar-refractivity contribution is 1.00. The lowest BCUT2D eigenvalue weighted by atomic mass is 10.4. The van der Waals surface area contributed by atoms with Gasteiger partial charge in [0.05, 0.1) is 0 Å². The van der Waals surface area contributed by atoms with Crippen LogP contribution < -0.4 is 5.73 Å². The van der Waals surface area contributed by atoms with Crippen molar-refractivity contribution in [3.8, 4) is 0 Å². The number of aromatic amines is 1. The third kappa shape index (κ3) is 2.13. The number of aromatic nitrogens is 4. The van der Waals surface area contributed by atoms with Crippen LogP contribution in [0.4, 0.5) is 0 Å². The summed E-state index contributed by atoms with van der Waals surface area (Å²) in [5.74, 6) is -0.0999. The molecule has 7 heteroatoms. The molecule has 6 nitrogen and oxygen atoms in total. The molecule has 0 spiro atoms. The van der Waals surface area contributed by atoms with Crippen LogP contribution in [-0.2, 0) is 0 Å². The molecule has 0 unspecified atom stereocenters. The number of nitrogens with two attached hydrogens (primary N) is 1. The second-order valence-electron chi connectivity index (χ2n) is 2.62. The third-order valence-electron chi connectivity index (χ3n) is 1.59. The highest BCUT2D eigenvalue weighted by atomic mass is 32.2. The lowest BCUT2D eigenvalue weighted by Gasteiger charge is -2.02. The van der Waals surface area contributed by atoms with Crippen LogP contribution in [-0.4, -0.2) is 25.8 Å². The van der Waals surface area contributed by atoms with Crippen molar-refractivity contribution < 1.29 is 0 Å². The Morgan fingerprint density at radius 1 is 1.27 bits per heavy atom. The standard InChI is InChI=1S/C8H8N6S/c9-6(10)5-7(12-2-1-11-5)15-8-13-3-4-14-8/h1-4H,(H3,9,10)(H,13,14). The largest absolute Gasteiger partial charge is 0.382 e. The monoisotopic (exact) mass is 220 g/mol. The quantitative estimate of drug-likeness (QED) is 0.520. The average Bonchev–Trinajstić information content (AvgIpc) is 2.71. The van der Waals surface area contributed by atoms with Crippen molar-refractivity contribution >= 4 is 17.6 Å². The molecule has 0 aliphatic heterocycles. The van der Waals surface area contributed by atoms with E-state index in [-0.39, 0.29) is 5.84 Å². The molecule has 2 rings (SSSR count). The van der Waals surface area contributed by atoms with E-state index in [2.05, 4.69) is 19.9 Å². The molecule has 2 aromatic heterocycles. The van der Waals surface area contributed by atoms with Gasteiger partial charge in [0, 0.05) is 24.8 Å². The summed E-state index contributed by atoms with van der Waals surface area (Å²) in [6.07, 6.45) is 6.42. The molecule has 15 heavy (non-hydrogen) atoms. The molecule has 2 aromatic rings. The number of hydrogen-bond acceptors (Lipinski definition) is 5. The zero-order valence-electron chi connectivity index (χ0n) is 7.64. The van der Waals surface area contributed by atoms with Crippen LogP contribution in [0, 0.1) is 5.41 Å². The summed E-state index contributed by atoms with van der Waals surface area (Å²) in [4.78, 5) is 15.0. The van der Waals surface area contributed by atoms with Gasteiger partial charge in [0.15, 0.2) is 5.16 Å². The lowest BCUT2D eigenvalue weighted by Crippen LogP contribution is -2.15. The van der Waals surface area contributed by atoms with E-state index in [0.29, 0.717) is 15.9 Å². The minimum absolute atomic E-state index is 0.0999. The van der Waals surface area contributed by atoms with E-state index in [1.807, 2.05) is 0 Å². The Kier molecular flexibility index (Phi) is 2.64. The average molecular weight is 220 g/mol. The Morgan fingerprint density at radius 2 is 2.07 bits per heavy atom. The van der Waals surface area contributed by atoms with Crippen molar-refractivity contribution in [3.63, 3.8) is 0 Å². The fourth-order valence-corrected chi connectivity index (χ4v) is 1.78. The van der Waals surface area contributed by atoms with Crippen LogP contribution >= 0.6 is 11.8 Å². The molecule has 4 N–H and O–H groups in total. The molecule has 0 aromatic carbocycles. The van der Waals surface area contributed by atoms with E-state index in [0.717, 1.165) is 0 Å². The van der Waals surface area contributed by atoms with Gasteiger partial charge in [-0.25, -0.2) is 15.0 Å². The Hall–Kier alpha value is -1.89. The first-order valence-electron chi connectivity index (χ1n) is 4.10. The van der Waals surface area contributed by atoms with Gasteiger partial charge in [0.1, 0.15) is 16.6 Å². The number of imidazole rings is 1. The SMILES string of the molecule is N=C(N)c1nccnc1Sc1ncc[nH]1. The van der Waals surface area contributed by atoms with Crippen molar-refractivity contribution in [1.29, 1.82) is 5.41 Å². The minimum atomic E-state index is -0.0999. The zero-order valence-corrected chi connectivity index (χ0v) is 8.45. The Labute approximate surface area is 89.9 Å². The fourth-order valence-electron chi connectivity index (χ4n) is 0.983. The number of amidine groups is 1. The smallest absolute Gasteiger partial charge is 0.171 e. The molecule has 0 fully saturated rings. The Bertz CT molecular complexity index is 466. The van der Waals surface area contributed by atoms with Crippen LogP contribution in [0.5, 0.6) is 0 Å². The van der Waals surface area contributed by atoms with Crippen molar-refractivity contribution in [1.82, 2.24) is 19.9 Å². The molecular formula is C8H8N6S. The highest BCUT2D eigenvalue weighted by molar-refractivity contribution is 7.99. The third-order valence-corrected chi connectivity index (χ3v) is 2.49. The first-order valence-corrected chi connectivity index (χ1v) is 4.91. The van der Waals surface area contributed by atoms with Gasteiger partial charge in [-0.1, -0.05) is 0 Å². The topological polar surface area (TPSA) is 104 Å². The van der Waals surface area contributed by atoms with Crippen molar-refractivity contribution in [2.45, 2.75) is 10.2 Å². The number of rotatable bonds is 3. The fraction of sp³-hybridized carbons (Fsp3) is 0. The van der Waals surface area contributed by atoms with Crippen LogP contribution in [0.25, 0.3) is 0 Å². The van der Waals surface area contributed by atoms with Gasteiger partial charge in [-0.3, -0.25) is 5.41 Å². The molecule has 0 aliphatic rings. The number of hydrogen-bond donors (Lipinski definition) is 3. The molecule has 0 saturated carbocycles. The number of nitrogens with zero attached hydrogens (tertiary/aromatic N) is 3. The van der Waals surface area contributed by atoms with Crippen LogP contribution in [0.3, 0.4) is 0 Å². The normalized spacial score (nSPS) is 10.1. The number of nitrogens with one attached hydrogen (secondary N) is 2. The van der Waals surface area contributed by atoms with Gasteiger partial charge in [0.25, 0.3) is 0 Å². The molecule has 2 heterocycles. The number of nitrogen functional groups attached to an aromatic ring is 1. The van der Waals surface area contributed by atoms with E-state index in [4.69, 9.17) is 11.1 Å². The van der Waals surface area contributed by atoms with E-state index < -0.39 is 0 Å². The van der Waals surface area contributed by atoms with Crippen molar-refractivity contribution in [3.05, 3.63) is 30.5 Å². The molecule has 76 valence electrons. The summed E-state index contributed by atoms with van der Waals surface area (Å²) < 4.78 is 0. The molecule has 0 saturated heterocycles. The molecule has 0 amide bonds. The van der Waals surface area contributed by atoms with Gasteiger partial charge in [0.2, 0.25) is 0 Å². The Balaban J connectivity index is 2.32. The molecule has 0 aliphatic carbocycles. The second kappa shape index (κ2) is 4.09. The maximum atomic E-state index is 7.34. The molecule has 0 bridgehead atoms. The first kappa shape index (κ1) is 9.66. The summed E-state index contributed by atoms with van der Waals surface area (Å²) in [6.45, 7) is 0. The molecule has 0 radical (unpaired) electrons. The molecule has 0 atom stereocenters. The van der Waals surface area contributed by atoms with Crippen LogP contribution in [0.15, 0.2) is 35.0 Å². The summed E-state index contributed by atoms with van der Waals surface area (Å²) >= 11 is 1.29. The summed E-state index contributed by atoms with van der Waals surface area (Å²) in [5, 5.41) is 8.60. The van der Waals surface area contributed by atoms with Crippen LogP contribution in [0.1, 0.15) is 5.69 Å². The minimum Gasteiger partial charge on any atom is -0.382 e. The van der Waals surface area contributed by atoms with E-state index >= 15 is 0 Å². The van der Waals surface area contributed by atoms with Crippen molar-refractivity contribution in [2.24, 2.45) is 5.73 Å². The van der Waals surface area contributed by atoms with Gasteiger partial charge in [-0.2, -0.15) is 0 Å². The van der Waals surface area contributed by atoms with E-state index in [1.54, 1.807) is 18.6 Å². The summed E-state index contributed by atoms with van der Waals surface area (Å²) in [6, 6.07) is 0. The predicted molar refractivity (Wildman–Crippen MR) is 55.8 cm³/mol. The first-order chi connectivity index (χ1) is 7.27. The number of H-pyrrole nitrogens is 1. The maximum absolute atomic E-state index is 7.34. The van der Waals surface area contributed by atoms with Gasteiger partial charge >= 0.3 is 0 Å². The highest BCUT2D eigenvalue weighted by Crippen LogP contribution is 2.23. The summed E-state index contributed by atoms with van der Waals surface area (Å²) in [5.41, 5.74) is 5.75. The summed E-state index contributed by atoms with van der Waals surface area (Å²) in [7, 11) is 0.